The zero-order valence-corrected chi connectivity index (χ0v) is 20.4. The van der Waals surface area contributed by atoms with Gasteiger partial charge in [0, 0.05) is 6.54 Å². The van der Waals surface area contributed by atoms with Crippen LogP contribution in [0.4, 0.5) is 18.0 Å². The monoisotopic (exact) mass is 522 g/mol. The maximum absolute atomic E-state index is 12.7. The highest BCUT2D eigenvalue weighted by molar-refractivity contribution is 5.85. The van der Waals surface area contributed by atoms with Crippen molar-refractivity contribution < 1.29 is 32.2 Å². The molecule has 3 aromatic rings. The Labute approximate surface area is 211 Å². The second-order valence-corrected chi connectivity index (χ2v) is 8.89. The zero-order valence-electron chi connectivity index (χ0n) is 20.4. The van der Waals surface area contributed by atoms with Gasteiger partial charge in [-0.25, -0.2) is 4.79 Å². The summed E-state index contributed by atoms with van der Waals surface area (Å²) < 4.78 is 49.5. The van der Waals surface area contributed by atoms with E-state index >= 15 is 0 Å². The lowest BCUT2D eigenvalue weighted by Crippen LogP contribution is -2.51. The number of hydrogen-bond donors (Lipinski definition) is 3. The van der Waals surface area contributed by atoms with E-state index in [1.807, 2.05) is 30.3 Å². The third-order valence-electron chi connectivity index (χ3n) is 5.16. The van der Waals surface area contributed by atoms with Crippen LogP contribution in [0.1, 0.15) is 43.4 Å². The van der Waals surface area contributed by atoms with Crippen LogP contribution < -0.4 is 16.4 Å². The molecule has 0 aliphatic rings. The molecule has 10 nitrogen and oxygen atoms in total. The van der Waals surface area contributed by atoms with Crippen molar-refractivity contribution in [2.24, 2.45) is 5.73 Å². The van der Waals surface area contributed by atoms with Gasteiger partial charge in [-0.1, -0.05) is 36.4 Å². The highest BCUT2D eigenvalue weighted by Crippen LogP contribution is 2.19. The Balaban J connectivity index is 1.78. The minimum Gasteiger partial charge on any atom is -0.443 e. The summed E-state index contributed by atoms with van der Waals surface area (Å²) in [5, 5.41) is 13.2. The van der Waals surface area contributed by atoms with Crippen LogP contribution in [-0.4, -0.2) is 51.5 Å². The molecular weight excluding hydrogens is 493 g/mol. The first-order valence-electron chi connectivity index (χ1n) is 11.5. The number of alkyl halides is 3. The minimum atomic E-state index is -4.39. The predicted octanol–water partition coefficient (Wildman–Crippen LogP) is 3.02. The van der Waals surface area contributed by atoms with Crippen LogP contribution in [0.5, 0.6) is 0 Å². The Morgan fingerprint density at radius 2 is 1.78 bits per heavy atom. The normalized spacial score (nSPS) is 12.8. The average molecular weight is 523 g/mol. The number of nitrogens with one attached hydrogen (secondary N) is 2. The van der Waals surface area contributed by atoms with Crippen LogP contribution in [0.3, 0.4) is 0 Å². The van der Waals surface area contributed by atoms with Gasteiger partial charge in [0.05, 0.1) is 30.9 Å². The molecule has 0 unspecified atom stereocenters. The fraction of sp³-hybridized carbons (Fsp3) is 0.417. The van der Waals surface area contributed by atoms with Crippen molar-refractivity contribution in [1.82, 2.24) is 25.2 Å². The standard InChI is InChI=1S/C24H29F3N6O4/c1-23(2,28)21(34)30-18(15-36-13-16-7-4-3-5-8-16)20-32-31-19-10-6-9-17(33(19)20)14-37-22(35)29-12-11-24(25,26)27/h3-10,18H,11-15,28H2,1-2H3,(H,29,35)(H,30,34)/t18-/m1/s1. The van der Waals surface area contributed by atoms with E-state index in [4.69, 9.17) is 15.2 Å². The van der Waals surface area contributed by atoms with E-state index < -0.39 is 42.7 Å². The molecule has 0 bridgehead atoms. The van der Waals surface area contributed by atoms with E-state index in [9.17, 15) is 22.8 Å². The molecule has 2 heterocycles. The molecule has 1 atom stereocenters. The Morgan fingerprint density at radius 3 is 2.46 bits per heavy atom. The van der Waals surface area contributed by atoms with Gasteiger partial charge in [-0.2, -0.15) is 13.2 Å². The summed E-state index contributed by atoms with van der Waals surface area (Å²) in [4.78, 5) is 24.6. The largest absolute Gasteiger partial charge is 0.443 e. The molecule has 0 aliphatic heterocycles. The van der Waals surface area contributed by atoms with E-state index in [0.29, 0.717) is 17.2 Å². The van der Waals surface area contributed by atoms with Crippen molar-refractivity contribution in [3.05, 3.63) is 65.6 Å². The number of aromatic nitrogens is 3. The van der Waals surface area contributed by atoms with Crippen molar-refractivity contribution in [2.75, 3.05) is 13.2 Å². The minimum absolute atomic E-state index is 0.0324. The number of ether oxygens (including phenoxy) is 2. The first kappa shape index (κ1) is 27.9. The van der Waals surface area contributed by atoms with Gasteiger partial charge in [-0.15, -0.1) is 10.2 Å². The average Bonchev–Trinajstić information content (AvgIpc) is 3.26. The third-order valence-corrected chi connectivity index (χ3v) is 5.16. The number of rotatable bonds is 11. The molecule has 0 spiro atoms. The van der Waals surface area contributed by atoms with E-state index in [0.717, 1.165) is 5.56 Å². The van der Waals surface area contributed by atoms with Crippen LogP contribution in [0, 0.1) is 0 Å². The van der Waals surface area contributed by atoms with E-state index in [2.05, 4.69) is 20.8 Å². The molecule has 4 N–H and O–H groups in total. The molecule has 0 aliphatic carbocycles. The molecule has 1 aromatic carbocycles. The number of carbonyl (C=O) groups excluding carboxylic acids is 2. The number of nitrogens with two attached hydrogens (primary N) is 1. The number of halogens is 3. The van der Waals surface area contributed by atoms with E-state index in [1.165, 1.54) is 0 Å². The van der Waals surface area contributed by atoms with Crippen LogP contribution >= 0.6 is 0 Å². The van der Waals surface area contributed by atoms with Crippen molar-refractivity contribution in [1.29, 1.82) is 0 Å². The van der Waals surface area contributed by atoms with Gasteiger partial charge < -0.3 is 25.8 Å². The predicted molar refractivity (Wildman–Crippen MR) is 127 cm³/mol. The summed E-state index contributed by atoms with van der Waals surface area (Å²) in [5.41, 5.74) is 6.55. The van der Waals surface area contributed by atoms with Gasteiger partial charge in [0.25, 0.3) is 0 Å². The summed E-state index contributed by atoms with van der Waals surface area (Å²) in [5.74, 6) is -0.146. The van der Waals surface area contributed by atoms with Gasteiger partial charge in [0.15, 0.2) is 11.5 Å². The highest BCUT2D eigenvalue weighted by Gasteiger charge is 2.29. The number of fused-ring (bicyclic) bond motifs is 1. The molecule has 200 valence electrons. The zero-order chi connectivity index (χ0) is 27.1. The number of hydrogen-bond acceptors (Lipinski definition) is 7. The van der Waals surface area contributed by atoms with Crippen LogP contribution in [0.15, 0.2) is 48.5 Å². The Hall–Kier alpha value is -3.71. The second-order valence-electron chi connectivity index (χ2n) is 8.89. The van der Waals surface area contributed by atoms with Crippen LogP contribution in [0.2, 0.25) is 0 Å². The fourth-order valence-corrected chi connectivity index (χ4v) is 3.26. The number of carbonyl (C=O) groups is 2. The molecule has 13 heteroatoms. The maximum atomic E-state index is 12.7. The van der Waals surface area contributed by atoms with Crippen molar-refractivity contribution in [3.63, 3.8) is 0 Å². The van der Waals surface area contributed by atoms with Gasteiger partial charge in [0.2, 0.25) is 5.91 Å². The molecule has 3 rings (SSSR count). The number of benzene rings is 1. The van der Waals surface area contributed by atoms with Crippen molar-refractivity contribution >= 4 is 17.6 Å². The van der Waals surface area contributed by atoms with Crippen LogP contribution in [-0.2, 0) is 27.5 Å². The van der Waals surface area contributed by atoms with Crippen molar-refractivity contribution in [2.45, 2.75) is 51.2 Å². The number of pyridine rings is 1. The summed E-state index contributed by atoms with van der Waals surface area (Å²) in [7, 11) is 0. The molecule has 0 saturated carbocycles. The molecule has 0 fully saturated rings. The summed E-state index contributed by atoms with van der Waals surface area (Å²) in [6.07, 6.45) is -6.57. The van der Waals surface area contributed by atoms with Gasteiger partial charge in [-0.3, -0.25) is 9.20 Å². The van der Waals surface area contributed by atoms with E-state index in [1.54, 1.807) is 36.4 Å². The van der Waals surface area contributed by atoms with Gasteiger partial charge in [0.1, 0.15) is 12.6 Å². The highest BCUT2D eigenvalue weighted by atomic mass is 19.4. The lowest BCUT2D eigenvalue weighted by molar-refractivity contribution is -0.133. The summed E-state index contributed by atoms with van der Waals surface area (Å²) >= 11 is 0. The summed E-state index contributed by atoms with van der Waals surface area (Å²) in [6, 6.07) is 13.7. The van der Waals surface area contributed by atoms with Crippen LogP contribution in [0.25, 0.3) is 5.65 Å². The molecular formula is C24H29F3N6O4. The second kappa shape index (κ2) is 12.0. The Morgan fingerprint density at radius 1 is 1.05 bits per heavy atom. The number of amides is 2. The molecule has 0 saturated heterocycles. The van der Waals surface area contributed by atoms with Crippen molar-refractivity contribution in [3.8, 4) is 0 Å². The number of nitrogens with zero attached hydrogens (tertiary/aromatic N) is 3. The topological polar surface area (TPSA) is 133 Å². The quantitative estimate of drug-likeness (QED) is 0.353. The lowest BCUT2D eigenvalue weighted by atomic mass is 10.1. The summed E-state index contributed by atoms with van der Waals surface area (Å²) in [6.45, 7) is 2.54. The molecule has 37 heavy (non-hydrogen) atoms. The first-order valence-corrected chi connectivity index (χ1v) is 11.5. The van der Waals surface area contributed by atoms with Gasteiger partial charge >= 0.3 is 12.3 Å². The SMILES string of the molecule is CC(C)(N)C(=O)N[C@H](COCc1ccccc1)c1nnc2cccc(COC(=O)NCCC(F)(F)F)n12. The third kappa shape index (κ3) is 8.43. The molecule has 2 aromatic heterocycles. The fourth-order valence-electron chi connectivity index (χ4n) is 3.26. The molecule has 0 radical (unpaired) electrons. The van der Waals surface area contributed by atoms with Gasteiger partial charge in [-0.05, 0) is 31.5 Å². The Kier molecular flexibility index (Phi) is 9.05. The first-order chi connectivity index (χ1) is 17.4. The lowest BCUT2D eigenvalue weighted by Gasteiger charge is -2.24. The Bertz CT molecular complexity index is 1190. The van der Waals surface area contributed by atoms with E-state index in [-0.39, 0.29) is 19.8 Å². The maximum Gasteiger partial charge on any atom is 0.407 e. The smallest absolute Gasteiger partial charge is 0.407 e. The molecule has 2 amide bonds. The number of alkyl carbamates (subject to hydrolysis) is 1.